The Morgan fingerprint density at radius 3 is 1.83 bits per heavy atom. The number of nitrogens with zero attached hydrogens (tertiary/aromatic N) is 2. The van der Waals surface area contributed by atoms with Crippen molar-refractivity contribution in [2.45, 2.75) is 0 Å². The summed E-state index contributed by atoms with van der Waals surface area (Å²) in [5.41, 5.74) is 7.08. The predicted octanol–water partition coefficient (Wildman–Crippen LogP) is 11.9. The van der Waals surface area contributed by atoms with Crippen LogP contribution in [0.15, 0.2) is 170 Å². The first-order valence-corrected chi connectivity index (χ1v) is 17.7. The summed E-state index contributed by atoms with van der Waals surface area (Å²) in [6.07, 6.45) is 0. The molecule has 47 heavy (non-hydrogen) atoms. The number of para-hydroxylation sites is 2. The van der Waals surface area contributed by atoms with E-state index >= 15 is 0 Å². The molecule has 0 spiro atoms. The van der Waals surface area contributed by atoms with Gasteiger partial charge in [0.25, 0.3) is 0 Å². The van der Waals surface area contributed by atoms with Crippen LogP contribution in [0, 0.1) is 0 Å². The van der Waals surface area contributed by atoms with Crippen molar-refractivity contribution in [1.29, 1.82) is 0 Å². The quantitative estimate of drug-likeness (QED) is 0.134. The van der Waals surface area contributed by atoms with E-state index in [1.165, 1.54) is 74.0 Å². The molecule has 0 amide bonds. The number of anilines is 3. The van der Waals surface area contributed by atoms with Gasteiger partial charge in [0.2, 0.25) is 0 Å². The average molecular weight is 664 g/mol. The van der Waals surface area contributed by atoms with Crippen molar-refractivity contribution in [1.82, 2.24) is 4.57 Å². The van der Waals surface area contributed by atoms with Gasteiger partial charge in [-0.2, -0.15) is 0 Å². The van der Waals surface area contributed by atoms with Crippen LogP contribution in [-0.2, 0) is 0 Å². The second kappa shape index (κ2) is 10.5. The van der Waals surface area contributed by atoms with E-state index in [2.05, 4.69) is 179 Å². The molecule has 2 heterocycles. The summed E-state index contributed by atoms with van der Waals surface area (Å²) in [6.45, 7) is 0. The van der Waals surface area contributed by atoms with E-state index < -0.39 is 0 Å². The van der Waals surface area contributed by atoms with Crippen LogP contribution in [-0.4, -0.2) is 19.1 Å². The standard InChI is InChI=1S/C44H28N2Se/c1-2-13-30(14-3-1)46-40-20-10-8-18-36(40)37-24-22-31(27-42(37)46)45(32-23-25-39-38-19-9-11-21-43(38)47-44(39)28-32)41-26-29-12-4-5-15-33(29)34-16-6-7-17-35(34)41/h1-28H. The van der Waals surface area contributed by atoms with Crippen LogP contribution >= 0.6 is 0 Å². The Bertz CT molecular complexity index is 2810. The van der Waals surface area contributed by atoms with Crippen LogP contribution in [0.2, 0.25) is 0 Å². The summed E-state index contributed by atoms with van der Waals surface area (Å²) >= 11 is 0.267. The summed E-state index contributed by atoms with van der Waals surface area (Å²) in [4.78, 5) is 2.49. The molecule has 10 rings (SSSR count). The van der Waals surface area contributed by atoms with E-state index in [1.54, 1.807) is 0 Å². The molecule has 0 fully saturated rings. The van der Waals surface area contributed by atoms with E-state index in [1.807, 2.05) is 0 Å². The van der Waals surface area contributed by atoms with Crippen molar-refractivity contribution >= 4 is 94.2 Å². The van der Waals surface area contributed by atoms with Gasteiger partial charge in [-0.1, -0.05) is 0 Å². The van der Waals surface area contributed by atoms with E-state index in [4.69, 9.17) is 0 Å². The molecule has 0 radical (unpaired) electrons. The van der Waals surface area contributed by atoms with Crippen LogP contribution in [0.3, 0.4) is 0 Å². The molecule has 0 N–H and O–H groups in total. The van der Waals surface area contributed by atoms with E-state index in [0.29, 0.717) is 0 Å². The Balaban J connectivity index is 1.30. The maximum absolute atomic E-state index is 2.49. The number of hydrogen-bond acceptors (Lipinski definition) is 1. The molecule has 0 saturated carbocycles. The third kappa shape index (κ3) is 4.11. The van der Waals surface area contributed by atoms with E-state index in [9.17, 15) is 0 Å². The normalized spacial score (nSPS) is 11.8. The van der Waals surface area contributed by atoms with E-state index in [-0.39, 0.29) is 14.5 Å². The molecule has 0 aliphatic carbocycles. The Morgan fingerprint density at radius 2 is 0.979 bits per heavy atom. The molecular weight excluding hydrogens is 635 g/mol. The van der Waals surface area contributed by atoms with Gasteiger partial charge in [-0.3, -0.25) is 0 Å². The number of rotatable bonds is 4. The number of benzene rings is 8. The molecule has 0 atom stereocenters. The molecule has 0 bridgehead atoms. The fraction of sp³-hybridized carbons (Fsp3) is 0. The molecule has 3 heteroatoms. The van der Waals surface area contributed by atoms with Crippen LogP contribution in [0.5, 0.6) is 0 Å². The molecule has 0 saturated heterocycles. The fourth-order valence-electron chi connectivity index (χ4n) is 7.45. The first-order valence-electron chi connectivity index (χ1n) is 16.0. The minimum absolute atomic E-state index is 0.267. The average Bonchev–Trinajstić information content (AvgIpc) is 3.67. The molecule has 2 nitrogen and oxygen atoms in total. The van der Waals surface area contributed by atoms with Crippen LogP contribution in [0.1, 0.15) is 0 Å². The number of fused-ring (bicyclic) bond motifs is 9. The van der Waals surface area contributed by atoms with Gasteiger partial charge in [0.1, 0.15) is 0 Å². The van der Waals surface area contributed by atoms with Crippen molar-refractivity contribution in [3.8, 4) is 5.69 Å². The monoisotopic (exact) mass is 664 g/mol. The molecule has 0 unspecified atom stereocenters. The van der Waals surface area contributed by atoms with Gasteiger partial charge < -0.3 is 0 Å². The molecule has 10 aromatic rings. The molecule has 220 valence electrons. The summed E-state index contributed by atoms with van der Waals surface area (Å²) in [6, 6.07) is 62.5. The zero-order valence-corrected chi connectivity index (χ0v) is 27.2. The van der Waals surface area contributed by atoms with E-state index in [0.717, 1.165) is 11.4 Å². The molecule has 2 aromatic heterocycles. The van der Waals surface area contributed by atoms with Gasteiger partial charge in [-0.25, -0.2) is 0 Å². The van der Waals surface area contributed by atoms with Crippen molar-refractivity contribution in [3.05, 3.63) is 170 Å². The Morgan fingerprint density at radius 1 is 0.383 bits per heavy atom. The van der Waals surface area contributed by atoms with Crippen molar-refractivity contribution in [3.63, 3.8) is 0 Å². The van der Waals surface area contributed by atoms with Crippen LogP contribution in [0.25, 0.3) is 68.3 Å². The summed E-state index contributed by atoms with van der Waals surface area (Å²) in [7, 11) is 0. The third-order valence-electron chi connectivity index (χ3n) is 9.54. The summed E-state index contributed by atoms with van der Waals surface area (Å²) in [5.74, 6) is 0. The maximum atomic E-state index is 2.49. The summed E-state index contributed by atoms with van der Waals surface area (Å²) < 4.78 is 5.31. The van der Waals surface area contributed by atoms with Gasteiger partial charge in [-0.05, 0) is 0 Å². The first kappa shape index (κ1) is 26.6. The Labute approximate surface area is 278 Å². The zero-order chi connectivity index (χ0) is 30.9. The Hall–Kier alpha value is -5.60. The zero-order valence-electron chi connectivity index (χ0n) is 25.5. The first-order chi connectivity index (χ1) is 23.3. The van der Waals surface area contributed by atoms with Crippen LogP contribution < -0.4 is 4.90 Å². The van der Waals surface area contributed by atoms with Crippen molar-refractivity contribution in [2.75, 3.05) is 4.90 Å². The minimum atomic E-state index is 0.267. The van der Waals surface area contributed by atoms with Crippen molar-refractivity contribution in [2.24, 2.45) is 0 Å². The molecule has 0 aliphatic rings. The second-order valence-electron chi connectivity index (χ2n) is 12.2. The van der Waals surface area contributed by atoms with Crippen LogP contribution in [0.4, 0.5) is 17.1 Å². The second-order valence-corrected chi connectivity index (χ2v) is 14.4. The molecular formula is C44H28N2Se. The SMILES string of the molecule is c1ccc(-n2c3ccccc3c3ccc(N(c4ccc5c(c4)[se]c4ccccc45)c4cc5ccccc5c5ccccc45)cc32)cc1. The summed E-state index contributed by atoms with van der Waals surface area (Å²) in [5, 5.41) is 10.3. The molecule has 8 aromatic carbocycles. The fourth-order valence-corrected chi connectivity index (χ4v) is 9.84. The number of hydrogen-bond donors (Lipinski definition) is 0. The van der Waals surface area contributed by atoms with Gasteiger partial charge in [0, 0.05) is 0 Å². The van der Waals surface area contributed by atoms with Crippen molar-refractivity contribution < 1.29 is 0 Å². The van der Waals surface area contributed by atoms with Gasteiger partial charge in [0.05, 0.1) is 0 Å². The topological polar surface area (TPSA) is 8.17 Å². The molecule has 0 aliphatic heterocycles. The van der Waals surface area contributed by atoms with Gasteiger partial charge >= 0.3 is 279 Å². The predicted molar refractivity (Wildman–Crippen MR) is 202 cm³/mol. The van der Waals surface area contributed by atoms with Gasteiger partial charge in [0.15, 0.2) is 0 Å². The third-order valence-corrected chi connectivity index (χ3v) is 11.9. The number of aromatic nitrogens is 1. The Kier molecular flexibility index (Phi) is 5.92. The van der Waals surface area contributed by atoms with Gasteiger partial charge in [-0.15, -0.1) is 0 Å².